The van der Waals surface area contributed by atoms with Gasteiger partial charge >= 0.3 is 0 Å². The molecule has 2 aromatic carbocycles. The van der Waals surface area contributed by atoms with E-state index in [2.05, 4.69) is 15.3 Å². The summed E-state index contributed by atoms with van der Waals surface area (Å²) in [5.41, 5.74) is 1.97. The number of nitrogens with zero attached hydrogens (tertiary/aromatic N) is 2. The lowest BCUT2D eigenvalue weighted by atomic mass is 10.2. The van der Waals surface area contributed by atoms with Gasteiger partial charge < -0.3 is 4.42 Å². The maximum absolute atomic E-state index is 12.5. The number of carbonyl (C=O) groups is 1. The molecule has 0 bridgehead atoms. The van der Waals surface area contributed by atoms with Gasteiger partial charge in [-0.05, 0) is 31.2 Å². The molecule has 0 spiro atoms. The van der Waals surface area contributed by atoms with Gasteiger partial charge in [0.1, 0.15) is 5.76 Å². The normalized spacial score (nSPS) is 10.9. The lowest BCUT2D eigenvalue weighted by molar-refractivity contribution is 0.102. The highest BCUT2D eigenvalue weighted by atomic mass is 32.1. The van der Waals surface area contributed by atoms with Crippen LogP contribution in [0.5, 0.6) is 0 Å². The first-order valence-corrected chi connectivity index (χ1v) is 8.22. The van der Waals surface area contributed by atoms with Gasteiger partial charge in [-0.2, -0.15) is 0 Å². The molecule has 2 aromatic heterocycles. The maximum atomic E-state index is 12.5. The maximum Gasteiger partial charge on any atom is 0.279 e. The molecule has 2 heterocycles. The van der Waals surface area contributed by atoms with E-state index in [1.165, 1.54) is 11.3 Å². The van der Waals surface area contributed by atoms with E-state index in [-0.39, 0.29) is 11.6 Å². The van der Waals surface area contributed by atoms with Gasteiger partial charge in [-0.15, -0.1) is 0 Å². The molecule has 0 atom stereocenters. The number of aromatic nitrogens is 2. The Balaban J connectivity index is 1.61. The van der Waals surface area contributed by atoms with Gasteiger partial charge in [-0.25, -0.2) is 9.97 Å². The largest absolute Gasteiger partial charge is 0.441 e. The summed E-state index contributed by atoms with van der Waals surface area (Å²) in [4.78, 5) is 21.2. The smallest absolute Gasteiger partial charge is 0.279 e. The van der Waals surface area contributed by atoms with Gasteiger partial charge in [0.05, 0.1) is 10.2 Å². The van der Waals surface area contributed by atoms with E-state index in [9.17, 15) is 4.79 Å². The van der Waals surface area contributed by atoms with Crippen LogP contribution in [0.3, 0.4) is 0 Å². The van der Waals surface area contributed by atoms with E-state index in [1.54, 1.807) is 6.92 Å². The predicted octanol–water partition coefficient (Wildman–Crippen LogP) is 4.51. The van der Waals surface area contributed by atoms with Crippen LogP contribution in [0.4, 0.5) is 5.13 Å². The summed E-state index contributed by atoms with van der Waals surface area (Å²) in [5.74, 6) is 0.590. The standard InChI is InChI=1S/C18H13N3O2S/c1-11-15(20-17(23-11)12-7-3-2-4-8-12)16(22)21-18-19-13-9-5-6-10-14(13)24-18/h2-10H,1H3,(H,19,21,22). The first-order valence-electron chi connectivity index (χ1n) is 7.40. The Bertz CT molecular complexity index is 988. The highest BCUT2D eigenvalue weighted by Gasteiger charge is 2.19. The zero-order valence-electron chi connectivity index (χ0n) is 12.8. The number of benzene rings is 2. The number of rotatable bonds is 3. The molecule has 1 amide bonds. The number of hydrogen-bond donors (Lipinski definition) is 1. The predicted molar refractivity (Wildman–Crippen MR) is 94.2 cm³/mol. The van der Waals surface area contributed by atoms with Crippen LogP contribution >= 0.6 is 11.3 Å². The number of hydrogen-bond acceptors (Lipinski definition) is 5. The third-order valence-electron chi connectivity index (χ3n) is 3.55. The van der Waals surface area contributed by atoms with E-state index in [4.69, 9.17) is 4.42 Å². The molecule has 0 aliphatic heterocycles. The van der Waals surface area contributed by atoms with Gasteiger partial charge in [-0.3, -0.25) is 10.1 Å². The van der Waals surface area contributed by atoms with Crippen LogP contribution in [0.1, 0.15) is 16.2 Å². The molecule has 0 saturated heterocycles. The number of carbonyl (C=O) groups excluding carboxylic acids is 1. The molecule has 6 heteroatoms. The Morgan fingerprint density at radius 1 is 1.04 bits per heavy atom. The van der Waals surface area contributed by atoms with Crippen molar-refractivity contribution in [2.45, 2.75) is 6.92 Å². The van der Waals surface area contributed by atoms with Crippen molar-refractivity contribution in [3.63, 3.8) is 0 Å². The first kappa shape index (κ1) is 14.6. The highest BCUT2D eigenvalue weighted by molar-refractivity contribution is 7.22. The van der Waals surface area contributed by atoms with Crippen LogP contribution < -0.4 is 5.32 Å². The molecule has 1 N–H and O–H groups in total. The van der Waals surface area contributed by atoms with Crippen LogP contribution in [-0.4, -0.2) is 15.9 Å². The molecule has 0 aliphatic rings. The number of anilines is 1. The molecule has 4 aromatic rings. The summed E-state index contributed by atoms with van der Waals surface area (Å²) >= 11 is 1.43. The molecule has 4 rings (SSSR count). The van der Waals surface area contributed by atoms with Crippen molar-refractivity contribution in [3.05, 3.63) is 66.1 Å². The zero-order chi connectivity index (χ0) is 16.5. The Hall–Kier alpha value is -2.99. The fourth-order valence-corrected chi connectivity index (χ4v) is 3.25. The number of thiazole rings is 1. The minimum Gasteiger partial charge on any atom is -0.441 e. The molecular weight excluding hydrogens is 322 g/mol. The third-order valence-corrected chi connectivity index (χ3v) is 4.50. The van der Waals surface area contributed by atoms with Crippen molar-refractivity contribution < 1.29 is 9.21 Å². The third kappa shape index (κ3) is 2.68. The van der Waals surface area contributed by atoms with E-state index in [0.29, 0.717) is 16.8 Å². The molecule has 0 aliphatic carbocycles. The molecule has 118 valence electrons. The van der Waals surface area contributed by atoms with Crippen molar-refractivity contribution >= 4 is 32.6 Å². The summed E-state index contributed by atoms with van der Waals surface area (Å²) in [6, 6.07) is 17.2. The second-order valence-electron chi connectivity index (χ2n) is 5.23. The fourth-order valence-electron chi connectivity index (χ4n) is 2.39. The van der Waals surface area contributed by atoms with E-state index >= 15 is 0 Å². The van der Waals surface area contributed by atoms with E-state index in [0.717, 1.165) is 15.8 Å². The van der Waals surface area contributed by atoms with E-state index in [1.807, 2.05) is 54.6 Å². The number of oxazole rings is 1. The van der Waals surface area contributed by atoms with Crippen molar-refractivity contribution in [1.82, 2.24) is 9.97 Å². The van der Waals surface area contributed by atoms with Crippen molar-refractivity contribution in [2.24, 2.45) is 0 Å². The van der Waals surface area contributed by atoms with Crippen LogP contribution in [0, 0.1) is 6.92 Å². The molecule has 0 unspecified atom stereocenters. The zero-order valence-corrected chi connectivity index (χ0v) is 13.6. The number of nitrogens with one attached hydrogen (secondary N) is 1. The summed E-state index contributed by atoms with van der Waals surface area (Å²) in [6.07, 6.45) is 0. The number of fused-ring (bicyclic) bond motifs is 1. The fraction of sp³-hybridized carbons (Fsp3) is 0.0556. The molecule has 24 heavy (non-hydrogen) atoms. The minimum absolute atomic E-state index is 0.271. The number of amides is 1. The molecular formula is C18H13N3O2S. The Labute approximate surface area is 142 Å². The summed E-state index contributed by atoms with van der Waals surface area (Å²) in [7, 11) is 0. The molecule has 0 radical (unpaired) electrons. The Morgan fingerprint density at radius 3 is 2.58 bits per heavy atom. The highest BCUT2D eigenvalue weighted by Crippen LogP contribution is 2.27. The lowest BCUT2D eigenvalue weighted by Crippen LogP contribution is -2.13. The number of para-hydroxylation sites is 1. The second kappa shape index (κ2) is 5.90. The topological polar surface area (TPSA) is 68.0 Å². The molecule has 5 nitrogen and oxygen atoms in total. The van der Waals surface area contributed by atoms with Gasteiger partial charge in [0.25, 0.3) is 5.91 Å². The molecule has 0 saturated carbocycles. The SMILES string of the molecule is Cc1oc(-c2ccccc2)nc1C(=O)Nc1nc2ccccc2s1. The van der Waals surface area contributed by atoms with Crippen molar-refractivity contribution in [2.75, 3.05) is 5.32 Å². The first-order chi connectivity index (χ1) is 11.7. The van der Waals surface area contributed by atoms with Crippen LogP contribution in [0.2, 0.25) is 0 Å². The minimum atomic E-state index is -0.322. The summed E-state index contributed by atoms with van der Waals surface area (Å²) in [6.45, 7) is 1.73. The van der Waals surface area contributed by atoms with Crippen LogP contribution in [0.15, 0.2) is 59.0 Å². The van der Waals surface area contributed by atoms with Gasteiger partial charge in [-0.1, -0.05) is 41.7 Å². The van der Waals surface area contributed by atoms with Gasteiger partial charge in [0.2, 0.25) is 5.89 Å². The van der Waals surface area contributed by atoms with Crippen LogP contribution in [0.25, 0.3) is 21.7 Å². The van der Waals surface area contributed by atoms with Gasteiger partial charge in [0.15, 0.2) is 10.8 Å². The lowest BCUT2D eigenvalue weighted by Gasteiger charge is -1.97. The van der Waals surface area contributed by atoms with E-state index < -0.39 is 0 Å². The summed E-state index contributed by atoms with van der Waals surface area (Å²) in [5, 5.41) is 3.35. The Morgan fingerprint density at radius 2 is 1.79 bits per heavy atom. The monoisotopic (exact) mass is 335 g/mol. The average molecular weight is 335 g/mol. The van der Waals surface area contributed by atoms with Crippen molar-refractivity contribution in [3.8, 4) is 11.5 Å². The van der Waals surface area contributed by atoms with Crippen molar-refractivity contribution in [1.29, 1.82) is 0 Å². The Kier molecular flexibility index (Phi) is 3.59. The quantitative estimate of drug-likeness (QED) is 0.598. The van der Waals surface area contributed by atoms with Gasteiger partial charge in [0, 0.05) is 5.56 Å². The second-order valence-corrected chi connectivity index (χ2v) is 6.26. The average Bonchev–Trinajstić information content (AvgIpc) is 3.18. The molecule has 0 fully saturated rings. The van der Waals surface area contributed by atoms with Crippen LogP contribution in [-0.2, 0) is 0 Å². The summed E-state index contributed by atoms with van der Waals surface area (Å²) < 4.78 is 6.65. The number of aryl methyl sites for hydroxylation is 1.